The van der Waals surface area contributed by atoms with Gasteiger partial charge in [0.1, 0.15) is 0 Å². The molecule has 0 radical (unpaired) electrons. The van der Waals surface area contributed by atoms with Crippen molar-refractivity contribution in [3.63, 3.8) is 0 Å². The second kappa shape index (κ2) is 7.33. The number of nitriles is 1. The zero-order valence-electron chi connectivity index (χ0n) is 13.7. The second-order valence-electron chi connectivity index (χ2n) is 5.64. The molecule has 0 aromatic heterocycles. The van der Waals surface area contributed by atoms with E-state index >= 15 is 0 Å². The third kappa shape index (κ3) is 3.66. The normalized spacial score (nSPS) is 14.0. The minimum atomic E-state index is 0.616. The Morgan fingerprint density at radius 1 is 1.17 bits per heavy atom. The molecule has 0 atom stereocenters. The van der Waals surface area contributed by atoms with E-state index in [9.17, 15) is 5.26 Å². The van der Waals surface area contributed by atoms with Crippen molar-refractivity contribution in [3.8, 4) is 6.07 Å². The van der Waals surface area contributed by atoms with Crippen molar-refractivity contribution in [2.45, 2.75) is 19.6 Å². The van der Waals surface area contributed by atoms with Gasteiger partial charge in [0.15, 0.2) is 5.17 Å². The molecule has 0 fully saturated rings. The van der Waals surface area contributed by atoms with E-state index in [1.807, 2.05) is 48.3 Å². The van der Waals surface area contributed by atoms with Gasteiger partial charge in [0, 0.05) is 5.75 Å². The van der Waals surface area contributed by atoms with E-state index in [0.29, 0.717) is 17.9 Å². The molecule has 1 heterocycles. The van der Waals surface area contributed by atoms with E-state index in [0.717, 1.165) is 22.1 Å². The van der Waals surface area contributed by atoms with Crippen LogP contribution in [0, 0.1) is 18.3 Å². The molecule has 3 rings (SSSR count). The second-order valence-corrected chi connectivity index (χ2v) is 6.59. The minimum Gasteiger partial charge on any atom is -0.255 e. The van der Waals surface area contributed by atoms with Crippen molar-refractivity contribution >= 4 is 28.3 Å². The first-order valence-electron chi connectivity index (χ1n) is 7.73. The lowest BCUT2D eigenvalue weighted by Gasteiger charge is -2.25. The van der Waals surface area contributed by atoms with Crippen molar-refractivity contribution in [2.24, 2.45) is 10.1 Å². The van der Waals surface area contributed by atoms with E-state index in [1.165, 1.54) is 5.56 Å². The van der Waals surface area contributed by atoms with Crippen molar-refractivity contribution in [2.75, 3.05) is 11.6 Å². The quantitative estimate of drug-likeness (QED) is 0.838. The molecule has 0 aliphatic carbocycles. The predicted octanol–water partition coefficient (Wildman–Crippen LogP) is 4.35. The molecule has 24 heavy (non-hydrogen) atoms. The lowest BCUT2D eigenvalue weighted by molar-refractivity contribution is 1.06. The number of hydrogen-bond donors (Lipinski definition) is 0. The van der Waals surface area contributed by atoms with Gasteiger partial charge in [-0.3, -0.25) is 4.99 Å². The van der Waals surface area contributed by atoms with Gasteiger partial charge < -0.3 is 0 Å². The third-order valence-electron chi connectivity index (χ3n) is 3.64. The number of rotatable bonds is 3. The molecule has 4 nitrogen and oxygen atoms in total. The van der Waals surface area contributed by atoms with Crippen molar-refractivity contribution < 1.29 is 0 Å². The molecular formula is C19H18N4S. The Labute approximate surface area is 146 Å². The Hall–Kier alpha value is -2.58. The van der Waals surface area contributed by atoms with Crippen molar-refractivity contribution in [1.82, 2.24) is 0 Å². The van der Waals surface area contributed by atoms with Crippen LogP contribution in [-0.2, 0) is 5.75 Å². The van der Waals surface area contributed by atoms with Crippen LogP contribution in [0.5, 0.6) is 0 Å². The number of amidine groups is 1. The van der Waals surface area contributed by atoms with Crippen LogP contribution in [0.4, 0.5) is 5.69 Å². The Morgan fingerprint density at radius 2 is 2.00 bits per heavy atom. The van der Waals surface area contributed by atoms with Gasteiger partial charge in [-0.1, -0.05) is 42.1 Å². The molecule has 2 aromatic carbocycles. The van der Waals surface area contributed by atoms with Crippen LogP contribution >= 0.6 is 11.8 Å². The highest BCUT2D eigenvalue weighted by atomic mass is 32.2. The van der Waals surface area contributed by atoms with Gasteiger partial charge in [-0.25, -0.2) is 5.01 Å². The molecule has 0 amide bonds. The number of anilines is 1. The number of thioether (sulfide) groups is 1. The van der Waals surface area contributed by atoms with Crippen LogP contribution in [0.15, 0.2) is 58.6 Å². The van der Waals surface area contributed by atoms with E-state index in [-0.39, 0.29) is 0 Å². The van der Waals surface area contributed by atoms with Crippen molar-refractivity contribution in [1.29, 1.82) is 5.26 Å². The fourth-order valence-electron chi connectivity index (χ4n) is 2.43. The van der Waals surface area contributed by atoms with Crippen molar-refractivity contribution in [3.05, 3.63) is 65.2 Å². The van der Waals surface area contributed by atoms with E-state index in [1.54, 1.807) is 11.8 Å². The molecule has 1 aliphatic rings. The summed E-state index contributed by atoms with van der Waals surface area (Å²) in [6.45, 7) is 4.67. The first-order chi connectivity index (χ1) is 11.7. The minimum absolute atomic E-state index is 0.616. The maximum atomic E-state index is 9.23. The monoisotopic (exact) mass is 334 g/mol. The average Bonchev–Trinajstić information content (AvgIpc) is 2.61. The summed E-state index contributed by atoms with van der Waals surface area (Å²) in [5.41, 5.74) is 4.91. The molecule has 0 unspecified atom stereocenters. The maximum Gasteiger partial charge on any atom is 0.185 e. The molecule has 0 spiro atoms. The van der Waals surface area contributed by atoms with Gasteiger partial charge in [0.25, 0.3) is 0 Å². The van der Waals surface area contributed by atoms with Gasteiger partial charge in [0.2, 0.25) is 0 Å². The summed E-state index contributed by atoms with van der Waals surface area (Å²) >= 11 is 1.61. The highest BCUT2D eigenvalue weighted by Crippen LogP contribution is 2.26. The predicted molar refractivity (Wildman–Crippen MR) is 102 cm³/mol. The molecule has 5 heteroatoms. The fourth-order valence-corrected chi connectivity index (χ4v) is 3.39. The number of hydrogen-bond acceptors (Lipinski definition) is 5. The number of aryl methyl sites for hydroxylation is 1. The topological polar surface area (TPSA) is 51.8 Å². The average molecular weight is 334 g/mol. The Morgan fingerprint density at radius 3 is 2.79 bits per heavy atom. The number of hydrazone groups is 1. The lowest BCUT2D eigenvalue weighted by Crippen LogP contribution is -2.29. The molecule has 0 saturated carbocycles. The first kappa shape index (κ1) is 16.3. The summed E-state index contributed by atoms with van der Waals surface area (Å²) in [6, 6.07) is 18.2. The lowest BCUT2D eigenvalue weighted by atomic mass is 10.1. The summed E-state index contributed by atoms with van der Waals surface area (Å²) in [5, 5.41) is 16.6. The summed E-state index contributed by atoms with van der Waals surface area (Å²) in [7, 11) is 0. The highest BCUT2D eigenvalue weighted by molar-refractivity contribution is 8.13. The number of benzene rings is 2. The van der Waals surface area contributed by atoms with E-state index < -0.39 is 0 Å². The van der Waals surface area contributed by atoms with Gasteiger partial charge >= 0.3 is 0 Å². The fraction of sp³-hybridized carbons (Fsp3) is 0.211. The van der Waals surface area contributed by atoms with Gasteiger partial charge in [-0.05, 0) is 43.2 Å². The van der Waals surface area contributed by atoms with Crippen LogP contribution in [0.3, 0.4) is 0 Å². The van der Waals surface area contributed by atoms with Crippen LogP contribution in [-0.4, -0.2) is 17.4 Å². The largest absolute Gasteiger partial charge is 0.255 e. The first-order valence-corrected chi connectivity index (χ1v) is 8.72. The van der Waals surface area contributed by atoms with Crippen LogP contribution < -0.4 is 5.01 Å². The van der Waals surface area contributed by atoms with Gasteiger partial charge in [-0.2, -0.15) is 10.4 Å². The molecule has 120 valence electrons. The summed E-state index contributed by atoms with van der Waals surface area (Å²) in [5.74, 6) is 0.694. The third-order valence-corrected chi connectivity index (χ3v) is 4.65. The van der Waals surface area contributed by atoms with Gasteiger partial charge in [-0.15, -0.1) is 0 Å². The van der Waals surface area contributed by atoms with Crippen LogP contribution in [0.1, 0.15) is 23.6 Å². The van der Waals surface area contributed by atoms with E-state index in [2.05, 4.69) is 35.2 Å². The highest BCUT2D eigenvalue weighted by Gasteiger charge is 2.18. The number of nitrogens with zero attached hydrogens (tertiary/aromatic N) is 4. The van der Waals surface area contributed by atoms with Crippen LogP contribution in [0.25, 0.3) is 0 Å². The van der Waals surface area contributed by atoms with E-state index in [4.69, 9.17) is 0 Å². The Balaban J connectivity index is 1.82. The Bertz CT molecular complexity index is 848. The molecular weight excluding hydrogens is 316 g/mol. The maximum absolute atomic E-state index is 9.23. The number of aliphatic imine (C=N–C) groups is 1. The van der Waals surface area contributed by atoms with Gasteiger partial charge in [0.05, 0.1) is 29.6 Å². The Kier molecular flexibility index (Phi) is 4.97. The molecule has 0 saturated heterocycles. The summed E-state index contributed by atoms with van der Waals surface area (Å²) in [6.07, 6.45) is 0. The molecule has 1 aliphatic heterocycles. The summed E-state index contributed by atoms with van der Waals surface area (Å²) < 4.78 is 0. The molecule has 0 N–H and O–H groups in total. The molecule has 2 aromatic rings. The standard InChI is InChI=1S/C19H18N4S/c1-14-6-5-9-18(10-14)23-19(21-12-15(2)22-23)24-13-17-8-4-3-7-16(17)11-20/h3-10H,12-13H2,1-2H3. The molecule has 0 bridgehead atoms. The van der Waals surface area contributed by atoms with Crippen LogP contribution in [0.2, 0.25) is 0 Å². The SMILES string of the molecule is CC1=NN(c2cccc(C)c2)C(SCc2ccccc2C#N)=NC1. The zero-order chi connectivity index (χ0) is 16.9. The zero-order valence-corrected chi connectivity index (χ0v) is 14.5. The smallest absolute Gasteiger partial charge is 0.185 e. The summed E-state index contributed by atoms with van der Waals surface area (Å²) in [4.78, 5) is 4.66.